The monoisotopic (exact) mass is 1380 g/mol. The van der Waals surface area contributed by atoms with E-state index in [4.69, 9.17) is 9.97 Å². The van der Waals surface area contributed by atoms with E-state index in [0.29, 0.717) is 0 Å². The summed E-state index contributed by atoms with van der Waals surface area (Å²) in [4.78, 5) is 13.2. The molecular weight excluding hydrogens is 1320 g/mol. The van der Waals surface area contributed by atoms with Crippen LogP contribution in [0.5, 0.6) is 0 Å². The second-order valence-electron chi connectivity index (χ2n) is 26.2. The molecule has 103 heavy (non-hydrogen) atoms. The molecule has 484 valence electrons. The van der Waals surface area contributed by atoms with E-state index in [2.05, 4.69) is 347 Å². The molecule has 0 amide bonds. The van der Waals surface area contributed by atoms with E-state index in [1.54, 1.807) is 0 Å². The quantitative estimate of drug-likeness (QED) is 0.173. The highest BCUT2D eigenvalue weighted by Gasteiger charge is 2.24. The zero-order chi connectivity index (χ0) is 68.1. The fourth-order valence-electron chi connectivity index (χ4n) is 16.1. The maximum absolute atomic E-state index is 4.74. The summed E-state index contributed by atoms with van der Waals surface area (Å²) in [6.45, 7) is 0. The molecule has 0 atom stereocenters. The Labute approximate surface area is 600 Å². The third-order valence-corrected chi connectivity index (χ3v) is 21.0. The number of halogens is 1. The standard InChI is InChI=1S/C47H30N4.C41H26N4.C6H5Br/c1-2-14-33(15-3-1)49-40-20-8-7-19-37(40)39-29-32(30-45(47(39)49)50-41-21-9-4-16-34(41)35-17-5-10-22-42(35)50)31-25-26-44-38(28-31)36-18-6-11-23-43(36)51(44)46-24-12-13-27-48-46;1-5-15-34-28(11-1)33-24-27(25-39(41(33)43-34)44-35-16-6-2-12-29(35)30-13-3-7-17-36(30)44)26-20-21-38-32(23-26)31-14-4-8-18-37(31)45(38)40-19-9-10-22-42-40;7-6-4-2-1-3-5-6/h1-30H;1-25,43H;1-5H. The molecule has 0 aliphatic rings. The Morgan fingerprint density at radius 2 is 0.573 bits per heavy atom. The molecule has 22 aromatic rings. The molecule has 0 aliphatic carbocycles. The lowest BCUT2D eigenvalue weighted by molar-refractivity contribution is 1.08. The highest BCUT2D eigenvalue weighted by Crippen LogP contribution is 2.45. The molecule has 8 aromatic heterocycles. The molecule has 22 rings (SSSR count). The number of para-hydroxylation sites is 9. The van der Waals surface area contributed by atoms with Gasteiger partial charge in [0.1, 0.15) is 11.6 Å². The van der Waals surface area contributed by atoms with Crippen LogP contribution in [0.1, 0.15) is 0 Å². The van der Waals surface area contributed by atoms with Gasteiger partial charge in [-0.05, 0) is 168 Å². The Morgan fingerprint density at radius 3 is 1.02 bits per heavy atom. The van der Waals surface area contributed by atoms with Crippen molar-refractivity contribution in [3.63, 3.8) is 0 Å². The van der Waals surface area contributed by atoms with Crippen LogP contribution in [0.15, 0.2) is 369 Å². The van der Waals surface area contributed by atoms with Crippen LogP contribution >= 0.6 is 15.9 Å². The molecule has 0 saturated heterocycles. The number of pyridine rings is 2. The molecule has 14 aromatic carbocycles. The van der Waals surface area contributed by atoms with E-state index >= 15 is 0 Å². The van der Waals surface area contributed by atoms with Crippen LogP contribution in [0.25, 0.3) is 182 Å². The Balaban J connectivity index is 0.000000126. The summed E-state index contributed by atoms with van der Waals surface area (Å²) in [7, 11) is 0. The zero-order valence-electron chi connectivity index (χ0n) is 55.6. The summed E-state index contributed by atoms with van der Waals surface area (Å²) in [5.74, 6) is 1.84. The molecule has 8 heterocycles. The second-order valence-corrected chi connectivity index (χ2v) is 27.2. The minimum absolute atomic E-state index is 0.917. The first kappa shape index (κ1) is 59.7. The van der Waals surface area contributed by atoms with Crippen molar-refractivity contribution in [2.75, 3.05) is 0 Å². The molecule has 0 bridgehead atoms. The van der Waals surface area contributed by atoms with E-state index in [9.17, 15) is 0 Å². The van der Waals surface area contributed by atoms with Crippen molar-refractivity contribution in [2.45, 2.75) is 0 Å². The summed E-state index contributed by atoms with van der Waals surface area (Å²) >= 11 is 3.31. The number of hydrogen-bond donors (Lipinski definition) is 1. The van der Waals surface area contributed by atoms with Crippen molar-refractivity contribution >= 4 is 147 Å². The van der Waals surface area contributed by atoms with Crippen LogP contribution in [0.3, 0.4) is 0 Å². The molecule has 1 N–H and O–H groups in total. The lowest BCUT2D eigenvalue weighted by Crippen LogP contribution is -2.01. The number of H-pyrrole nitrogens is 1. The number of aromatic amines is 1. The lowest BCUT2D eigenvalue weighted by Gasteiger charge is -2.16. The third-order valence-electron chi connectivity index (χ3n) is 20.5. The van der Waals surface area contributed by atoms with Gasteiger partial charge in [0.05, 0.1) is 72.1 Å². The third kappa shape index (κ3) is 9.80. The molecule has 0 aliphatic heterocycles. The maximum Gasteiger partial charge on any atom is 0.137 e. The highest BCUT2D eigenvalue weighted by molar-refractivity contribution is 9.10. The molecule has 0 spiro atoms. The fraction of sp³-hybridized carbons (Fsp3) is 0. The summed E-state index contributed by atoms with van der Waals surface area (Å²) < 4.78 is 13.0. The largest absolute Gasteiger partial charge is 0.353 e. The zero-order valence-corrected chi connectivity index (χ0v) is 57.2. The normalized spacial score (nSPS) is 11.7. The SMILES string of the molecule is Brc1ccccc1.c1ccc(-n2c3ccccc3c3cc(-c4cc(-n5c6ccccc6c6ccccc65)c5[nH]c6ccccc6c5c4)ccc32)nc1.c1ccc(-n2c3ccccc3c3cc(-c4ccc5c(c4)c4ccccc4n5-c4ccccn4)cc(-n4c5ccccc5c5ccccc54)c32)cc1. The van der Waals surface area contributed by atoms with Crippen LogP contribution in [0.2, 0.25) is 0 Å². The molecule has 0 unspecified atom stereocenters. The predicted molar refractivity (Wildman–Crippen MR) is 435 cm³/mol. The van der Waals surface area contributed by atoms with Gasteiger partial charge in [-0.15, -0.1) is 0 Å². The van der Waals surface area contributed by atoms with Crippen molar-refractivity contribution in [1.82, 2.24) is 37.8 Å². The maximum atomic E-state index is 4.74. The van der Waals surface area contributed by atoms with Gasteiger partial charge in [-0.2, -0.15) is 0 Å². The summed E-state index contributed by atoms with van der Waals surface area (Å²) in [6, 6.07) is 126. The molecular formula is C94H61BrN8. The molecule has 8 nitrogen and oxygen atoms in total. The Bertz CT molecular complexity index is 6950. The van der Waals surface area contributed by atoms with Gasteiger partial charge in [-0.25, -0.2) is 9.97 Å². The summed E-state index contributed by atoms with van der Waals surface area (Å²) in [6.07, 6.45) is 3.72. The van der Waals surface area contributed by atoms with Crippen molar-refractivity contribution in [3.05, 3.63) is 369 Å². The van der Waals surface area contributed by atoms with Crippen LogP contribution in [-0.2, 0) is 0 Å². The van der Waals surface area contributed by atoms with Crippen molar-refractivity contribution < 1.29 is 0 Å². The van der Waals surface area contributed by atoms with Gasteiger partial charge in [-0.1, -0.05) is 222 Å². The number of benzene rings is 14. The first-order valence-corrected chi connectivity index (χ1v) is 35.6. The van der Waals surface area contributed by atoms with Gasteiger partial charge in [-0.3, -0.25) is 9.13 Å². The number of nitrogens with one attached hydrogen (secondary N) is 1. The van der Waals surface area contributed by atoms with Crippen LogP contribution in [-0.4, -0.2) is 37.8 Å². The van der Waals surface area contributed by atoms with Crippen molar-refractivity contribution in [2.24, 2.45) is 0 Å². The van der Waals surface area contributed by atoms with Crippen LogP contribution in [0, 0.1) is 0 Å². The molecule has 0 saturated carbocycles. The number of fused-ring (bicyclic) bond motifs is 18. The molecule has 9 heteroatoms. The average Bonchev–Trinajstić information content (AvgIpc) is 1.57. The van der Waals surface area contributed by atoms with Crippen molar-refractivity contribution in [1.29, 1.82) is 0 Å². The van der Waals surface area contributed by atoms with E-state index in [0.717, 1.165) is 66.3 Å². The topological polar surface area (TPSA) is 66.2 Å². The van der Waals surface area contributed by atoms with E-state index in [1.807, 2.05) is 60.9 Å². The second kappa shape index (κ2) is 24.5. The highest BCUT2D eigenvalue weighted by atomic mass is 79.9. The van der Waals surface area contributed by atoms with Gasteiger partial charge >= 0.3 is 0 Å². The van der Waals surface area contributed by atoms with Gasteiger partial charge in [0.25, 0.3) is 0 Å². The van der Waals surface area contributed by atoms with Crippen LogP contribution < -0.4 is 0 Å². The Hall–Kier alpha value is -13.3. The molecule has 0 fully saturated rings. The lowest BCUT2D eigenvalue weighted by atomic mass is 9.99. The van der Waals surface area contributed by atoms with Gasteiger partial charge < -0.3 is 18.7 Å². The van der Waals surface area contributed by atoms with Gasteiger partial charge in [0.2, 0.25) is 0 Å². The van der Waals surface area contributed by atoms with Gasteiger partial charge in [0.15, 0.2) is 0 Å². The number of nitrogens with zero attached hydrogens (tertiary/aromatic N) is 7. The first-order valence-electron chi connectivity index (χ1n) is 34.8. The Kier molecular flexibility index (Phi) is 14.2. The average molecular weight is 1380 g/mol. The van der Waals surface area contributed by atoms with E-state index < -0.39 is 0 Å². The van der Waals surface area contributed by atoms with Gasteiger partial charge in [0, 0.05) is 92.7 Å². The van der Waals surface area contributed by atoms with E-state index in [1.165, 1.54) is 120 Å². The number of rotatable bonds is 7. The Morgan fingerprint density at radius 1 is 0.233 bits per heavy atom. The summed E-state index contributed by atoms with van der Waals surface area (Å²) in [5, 5.41) is 14.8. The smallest absolute Gasteiger partial charge is 0.137 e. The summed E-state index contributed by atoms with van der Waals surface area (Å²) in [5.41, 5.74) is 22.2. The predicted octanol–water partition coefficient (Wildman–Crippen LogP) is 25.1. The fourth-order valence-corrected chi connectivity index (χ4v) is 16.4. The van der Waals surface area contributed by atoms with Crippen LogP contribution in [0.4, 0.5) is 0 Å². The van der Waals surface area contributed by atoms with E-state index in [-0.39, 0.29) is 0 Å². The molecule has 0 radical (unpaired) electrons. The number of aromatic nitrogens is 8. The minimum atomic E-state index is 0.917. The number of hydrogen-bond acceptors (Lipinski definition) is 2. The van der Waals surface area contributed by atoms with Crippen molar-refractivity contribution in [3.8, 4) is 51.0 Å². The minimum Gasteiger partial charge on any atom is -0.353 e. The first-order chi connectivity index (χ1) is 51.1.